The molecule has 0 bridgehead atoms. The summed E-state index contributed by atoms with van der Waals surface area (Å²) in [5, 5.41) is 0. The van der Waals surface area contributed by atoms with Crippen LogP contribution in [-0.2, 0) is 13.1 Å². The summed E-state index contributed by atoms with van der Waals surface area (Å²) in [6, 6.07) is 19.1. The summed E-state index contributed by atoms with van der Waals surface area (Å²) in [5.74, 6) is 2.56. The summed E-state index contributed by atoms with van der Waals surface area (Å²) < 4.78 is 9.03. The van der Waals surface area contributed by atoms with Crippen LogP contribution in [0, 0.1) is 20.8 Å². The molecule has 0 saturated heterocycles. The molecule has 0 N–H and O–H groups in total. The van der Waals surface area contributed by atoms with Crippen LogP contribution in [0.5, 0.6) is 0 Å². The summed E-state index contributed by atoms with van der Waals surface area (Å²) in [6.45, 7) is 13.0. The lowest BCUT2D eigenvalue weighted by atomic mass is 10.2. The van der Waals surface area contributed by atoms with E-state index in [9.17, 15) is 0 Å². The predicted octanol–water partition coefficient (Wildman–Crippen LogP) is -0.717. The summed E-state index contributed by atoms with van der Waals surface area (Å²) in [5.41, 5.74) is 3.76. The number of hydrogen-bond acceptors (Lipinski definition) is 0. The minimum Gasteiger partial charge on any atom is -1.00 e. The first kappa shape index (κ1) is 28.9. The van der Waals surface area contributed by atoms with Crippen molar-refractivity contribution in [2.45, 2.75) is 60.5 Å². The number of hydrogen-bond donors (Lipinski definition) is 0. The smallest absolute Gasteiger partial charge is 0.258 e. The normalized spacial score (nSPS) is 9.97. The van der Waals surface area contributed by atoms with Gasteiger partial charge in [-0.15, -0.1) is 0 Å². The Morgan fingerprint density at radius 1 is 0.606 bits per heavy atom. The highest BCUT2D eigenvalue weighted by atomic mass is 79.9. The van der Waals surface area contributed by atoms with Gasteiger partial charge in [0.25, 0.3) is 11.6 Å². The molecule has 4 nitrogen and oxygen atoms in total. The molecule has 0 aliphatic heterocycles. The Balaban J connectivity index is 0.000000312. The van der Waals surface area contributed by atoms with E-state index >= 15 is 0 Å². The molecule has 0 spiro atoms. The fraction of sp³-hybridized carbons (Fsp3) is 0.333. The molecular weight excluding hydrogens is 540 g/mol. The largest absolute Gasteiger partial charge is 1.00 e. The number of halogens is 2. The van der Waals surface area contributed by atoms with Crippen molar-refractivity contribution in [3.05, 3.63) is 96.6 Å². The van der Waals surface area contributed by atoms with E-state index in [4.69, 9.17) is 0 Å². The highest BCUT2D eigenvalue weighted by Crippen LogP contribution is 2.11. The zero-order chi connectivity index (χ0) is 22.2. The van der Waals surface area contributed by atoms with Crippen molar-refractivity contribution in [3.8, 4) is 11.4 Å². The van der Waals surface area contributed by atoms with E-state index in [1.54, 1.807) is 0 Å². The molecular formula is C27H36Br2N4. The van der Waals surface area contributed by atoms with E-state index in [1.807, 2.05) is 6.07 Å². The van der Waals surface area contributed by atoms with Crippen LogP contribution >= 0.6 is 0 Å². The van der Waals surface area contributed by atoms with Crippen molar-refractivity contribution in [2.24, 2.45) is 0 Å². The number of benzene rings is 2. The first-order chi connectivity index (χ1) is 15.0. The lowest BCUT2D eigenvalue weighted by molar-refractivity contribution is -0.702. The molecule has 0 amide bonds. The van der Waals surface area contributed by atoms with Crippen molar-refractivity contribution < 1.29 is 43.1 Å². The molecule has 33 heavy (non-hydrogen) atoms. The molecule has 6 heteroatoms. The summed E-state index contributed by atoms with van der Waals surface area (Å²) >= 11 is 0. The second-order valence-electron chi connectivity index (χ2n) is 7.99. The second kappa shape index (κ2) is 14.2. The van der Waals surface area contributed by atoms with Crippen LogP contribution in [0.3, 0.4) is 0 Å². The minimum atomic E-state index is 0. The van der Waals surface area contributed by atoms with Crippen molar-refractivity contribution >= 4 is 0 Å². The van der Waals surface area contributed by atoms with Gasteiger partial charge in [0.05, 0.1) is 13.1 Å². The number of aryl methyl sites for hydroxylation is 3. The third-order valence-electron chi connectivity index (χ3n) is 5.60. The molecule has 0 aliphatic rings. The van der Waals surface area contributed by atoms with Crippen molar-refractivity contribution in [1.29, 1.82) is 0 Å². The van der Waals surface area contributed by atoms with E-state index in [0.717, 1.165) is 13.1 Å². The fourth-order valence-electron chi connectivity index (χ4n) is 3.80. The molecule has 178 valence electrons. The van der Waals surface area contributed by atoms with Gasteiger partial charge in [-0.1, -0.05) is 49.7 Å². The van der Waals surface area contributed by atoms with Crippen molar-refractivity contribution in [3.63, 3.8) is 0 Å². The number of imidazole rings is 2. The zero-order valence-corrected chi connectivity index (χ0v) is 23.6. The summed E-state index contributed by atoms with van der Waals surface area (Å²) in [6.07, 6.45) is 10.9. The average molecular weight is 576 g/mol. The van der Waals surface area contributed by atoms with E-state index in [-0.39, 0.29) is 34.0 Å². The molecule has 2 heterocycles. The molecule has 2 aromatic carbocycles. The topological polar surface area (TPSA) is 17.6 Å². The number of para-hydroxylation sites is 1. The lowest BCUT2D eigenvalue weighted by Crippen LogP contribution is -3.00. The van der Waals surface area contributed by atoms with Gasteiger partial charge in [-0.3, -0.25) is 0 Å². The summed E-state index contributed by atoms with van der Waals surface area (Å²) in [4.78, 5) is 0. The average Bonchev–Trinajstić information content (AvgIpc) is 3.33. The van der Waals surface area contributed by atoms with Crippen LogP contribution in [0.25, 0.3) is 11.4 Å². The molecule has 0 fully saturated rings. The van der Waals surface area contributed by atoms with Crippen LogP contribution in [0.15, 0.2) is 79.4 Å². The molecule has 4 aromatic rings. The van der Waals surface area contributed by atoms with Gasteiger partial charge in [0, 0.05) is 13.8 Å². The Morgan fingerprint density at radius 2 is 1.03 bits per heavy atom. The van der Waals surface area contributed by atoms with Gasteiger partial charge >= 0.3 is 0 Å². The second-order valence-corrected chi connectivity index (χ2v) is 7.99. The van der Waals surface area contributed by atoms with Crippen molar-refractivity contribution in [1.82, 2.24) is 9.13 Å². The Labute approximate surface area is 220 Å². The van der Waals surface area contributed by atoms with Gasteiger partial charge in [0.15, 0.2) is 0 Å². The fourth-order valence-corrected chi connectivity index (χ4v) is 3.80. The first-order valence-electron chi connectivity index (χ1n) is 11.3. The Hall–Kier alpha value is -2.18. The Morgan fingerprint density at radius 3 is 1.45 bits per heavy atom. The molecule has 0 radical (unpaired) electrons. The van der Waals surface area contributed by atoms with Crippen LogP contribution in [0.2, 0.25) is 0 Å². The van der Waals surface area contributed by atoms with Crippen LogP contribution in [0.4, 0.5) is 0 Å². The van der Waals surface area contributed by atoms with Gasteiger partial charge in [-0.05, 0) is 44.0 Å². The molecule has 0 saturated carbocycles. The number of nitrogens with zero attached hydrogens (tertiary/aromatic N) is 4. The highest BCUT2D eigenvalue weighted by Gasteiger charge is 2.13. The van der Waals surface area contributed by atoms with Gasteiger partial charge in [0.2, 0.25) is 0 Å². The van der Waals surface area contributed by atoms with Crippen molar-refractivity contribution in [2.75, 3.05) is 0 Å². The minimum absolute atomic E-state index is 0. The van der Waals surface area contributed by atoms with E-state index in [1.165, 1.54) is 41.4 Å². The Kier molecular flexibility index (Phi) is 12.4. The van der Waals surface area contributed by atoms with Crippen LogP contribution < -0.4 is 43.1 Å². The third-order valence-corrected chi connectivity index (χ3v) is 5.60. The molecule has 4 rings (SSSR count). The van der Waals surface area contributed by atoms with E-state index in [2.05, 4.69) is 126 Å². The molecule has 0 atom stereocenters. The molecule has 0 unspecified atom stereocenters. The van der Waals surface area contributed by atoms with Gasteiger partial charge in [-0.25, -0.2) is 18.3 Å². The quantitative estimate of drug-likeness (QED) is 0.270. The number of rotatable bonds is 6. The first-order valence-corrected chi connectivity index (χ1v) is 11.3. The molecule has 2 aromatic heterocycles. The third kappa shape index (κ3) is 7.41. The monoisotopic (exact) mass is 574 g/mol. The van der Waals surface area contributed by atoms with E-state index < -0.39 is 0 Å². The number of aromatic nitrogens is 4. The zero-order valence-electron chi connectivity index (χ0n) is 20.4. The van der Waals surface area contributed by atoms with Gasteiger partial charge in [0.1, 0.15) is 36.2 Å². The maximum absolute atomic E-state index is 2.29. The highest BCUT2D eigenvalue weighted by molar-refractivity contribution is 5.34. The SMILES string of the molecule is CCC[n+]1ccn(-c2ccc(C)cc2)c1C.CCC[n+]1ccn(-c2ccccc2)c1C.[Br-].[Br-]. The summed E-state index contributed by atoms with van der Waals surface area (Å²) in [7, 11) is 0. The predicted molar refractivity (Wildman–Crippen MR) is 127 cm³/mol. The van der Waals surface area contributed by atoms with Crippen LogP contribution in [-0.4, -0.2) is 9.13 Å². The van der Waals surface area contributed by atoms with Crippen LogP contribution in [0.1, 0.15) is 43.9 Å². The maximum atomic E-state index is 2.29. The van der Waals surface area contributed by atoms with E-state index in [0.29, 0.717) is 0 Å². The standard InChI is InChI=1S/C14H19N2.C13H17N2.2BrH/c1-4-9-15-10-11-16(13(15)3)14-7-5-12(2)6-8-14;1-3-9-14-10-11-15(12(14)2)13-7-5-4-6-8-13;;/h5-8,10-11H,4,9H2,1-3H3;4-8,10-11H,3,9H2,1-2H3;2*1H/q2*+1;;/p-2. The maximum Gasteiger partial charge on any atom is 0.258 e. The Bertz CT molecular complexity index is 1080. The lowest BCUT2D eigenvalue weighted by Gasteiger charge is -2.00. The molecule has 0 aliphatic carbocycles. The van der Waals surface area contributed by atoms with Gasteiger partial charge < -0.3 is 34.0 Å². The van der Waals surface area contributed by atoms with Gasteiger partial charge in [-0.2, -0.15) is 0 Å².